The van der Waals surface area contributed by atoms with Crippen molar-refractivity contribution in [1.82, 2.24) is 4.90 Å². The molecular formula is C14H18N2O5. The van der Waals surface area contributed by atoms with Crippen LogP contribution in [-0.2, 0) is 4.74 Å². The number of nitrogens with zero attached hydrogens (tertiary/aromatic N) is 1. The second-order valence-corrected chi connectivity index (χ2v) is 4.77. The highest BCUT2D eigenvalue weighted by atomic mass is 16.5. The molecule has 1 aromatic rings. The number of hydrogen-bond donors (Lipinski definition) is 3. The molecule has 1 aliphatic rings. The number of carboxylic acids is 1. The van der Waals surface area contributed by atoms with Crippen molar-refractivity contribution >= 4 is 17.7 Å². The van der Waals surface area contributed by atoms with Gasteiger partial charge >= 0.3 is 12.0 Å². The Kier molecular flexibility index (Phi) is 4.64. The van der Waals surface area contributed by atoms with Crippen LogP contribution in [0.3, 0.4) is 0 Å². The first-order chi connectivity index (χ1) is 10.0. The number of benzene rings is 1. The Morgan fingerprint density at radius 1 is 1.48 bits per heavy atom. The Morgan fingerprint density at radius 2 is 2.24 bits per heavy atom. The zero-order valence-electron chi connectivity index (χ0n) is 11.7. The van der Waals surface area contributed by atoms with Gasteiger partial charge in [0.1, 0.15) is 5.56 Å². The van der Waals surface area contributed by atoms with Gasteiger partial charge in [0.2, 0.25) is 0 Å². The van der Waals surface area contributed by atoms with E-state index in [-0.39, 0.29) is 23.3 Å². The van der Waals surface area contributed by atoms with E-state index in [0.717, 1.165) is 6.42 Å². The van der Waals surface area contributed by atoms with Crippen LogP contribution in [0.25, 0.3) is 0 Å². The van der Waals surface area contributed by atoms with Gasteiger partial charge in [0, 0.05) is 6.54 Å². The van der Waals surface area contributed by atoms with Crippen molar-refractivity contribution in [3.8, 4) is 5.75 Å². The Labute approximate surface area is 122 Å². The number of aromatic hydroxyl groups is 1. The van der Waals surface area contributed by atoms with Gasteiger partial charge in [-0.3, -0.25) is 0 Å². The molecule has 0 radical (unpaired) electrons. The average molecular weight is 294 g/mol. The number of ether oxygens (including phenoxy) is 1. The minimum atomic E-state index is -1.25. The predicted molar refractivity (Wildman–Crippen MR) is 75.7 cm³/mol. The van der Waals surface area contributed by atoms with E-state index >= 15 is 0 Å². The average Bonchev–Trinajstić information content (AvgIpc) is 2.48. The SMILES string of the molecule is CCC1COCCN1C(=O)Nc1cccc(C(=O)O)c1O. The number of nitrogens with one attached hydrogen (secondary N) is 1. The first-order valence-electron chi connectivity index (χ1n) is 6.75. The summed E-state index contributed by atoms with van der Waals surface area (Å²) in [6.45, 7) is 3.36. The van der Waals surface area contributed by atoms with E-state index in [9.17, 15) is 14.7 Å². The molecule has 1 unspecified atom stereocenters. The lowest BCUT2D eigenvalue weighted by Gasteiger charge is -2.35. The number of aromatic carboxylic acids is 1. The molecule has 1 aliphatic heterocycles. The molecule has 7 nitrogen and oxygen atoms in total. The molecular weight excluding hydrogens is 276 g/mol. The molecule has 2 amide bonds. The zero-order valence-corrected chi connectivity index (χ0v) is 11.7. The molecule has 0 saturated carbocycles. The highest BCUT2D eigenvalue weighted by molar-refractivity contribution is 5.97. The summed E-state index contributed by atoms with van der Waals surface area (Å²) in [7, 11) is 0. The highest BCUT2D eigenvalue weighted by Crippen LogP contribution is 2.28. The van der Waals surface area contributed by atoms with Crippen molar-refractivity contribution in [3.05, 3.63) is 23.8 Å². The number of rotatable bonds is 3. The van der Waals surface area contributed by atoms with Gasteiger partial charge in [-0.05, 0) is 18.6 Å². The summed E-state index contributed by atoms with van der Waals surface area (Å²) in [5, 5.41) is 21.4. The van der Waals surface area contributed by atoms with E-state index in [2.05, 4.69) is 5.32 Å². The number of anilines is 1. The van der Waals surface area contributed by atoms with E-state index in [0.29, 0.717) is 19.8 Å². The maximum Gasteiger partial charge on any atom is 0.339 e. The number of phenols is 1. The van der Waals surface area contributed by atoms with E-state index in [4.69, 9.17) is 9.84 Å². The Balaban J connectivity index is 2.16. The second kappa shape index (κ2) is 6.45. The van der Waals surface area contributed by atoms with Gasteiger partial charge in [-0.15, -0.1) is 0 Å². The van der Waals surface area contributed by atoms with Gasteiger partial charge in [-0.2, -0.15) is 0 Å². The lowest BCUT2D eigenvalue weighted by molar-refractivity contribution is 0.0143. The predicted octanol–water partition coefficient (Wildman–Crippen LogP) is 1.73. The molecule has 3 N–H and O–H groups in total. The van der Waals surface area contributed by atoms with Gasteiger partial charge in [-0.25, -0.2) is 9.59 Å². The lowest BCUT2D eigenvalue weighted by Crippen LogP contribution is -2.50. The van der Waals surface area contributed by atoms with Crippen molar-refractivity contribution in [3.63, 3.8) is 0 Å². The first-order valence-corrected chi connectivity index (χ1v) is 6.75. The van der Waals surface area contributed by atoms with E-state index in [1.54, 1.807) is 4.90 Å². The fourth-order valence-corrected chi connectivity index (χ4v) is 2.26. The van der Waals surface area contributed by atoms with Crippen molar-refractivity contribution in [1.29, 1.82) is 0 Å². The van der Waals surface area contributed by atoms with E-state index in [1.165, 1.54) is 18.2 Å². The molecule has 1 saturated heterocycles. The van der Waals surface area contributed by atoms with Gasteiger partial charge in [0.15, 0.2) is 5.75 Å². The third-order valence-corrected chi connectivity index (χ3v) is 3.47. The third-order valence-electron chi connectivity index (χ3n) is 3.47. The normalized spacial score (nSPS) is 18.3. The maximum atomic E-state index is 12.3. The summed E-state index contributed by atoms with van der Waals surface area (Å²) in [4.78, 5) is 24.9. The summed E-state index contributed by atoms with van der Waals surface area (Å²) in [6.07, 6.45) is 0.758. The molecule has 1 aromatic carbocycles. The van der Waals surface area contributed by atoms with Crippen LogP contribution in [0.2, 0.25) is 0 Å². The molecule has 7 heteroatoms. The number of para-hydroxylation sites is 1. The number of morpholine rings is 1. The van der Waals surface area contributed by atoms with Crippen LogP contribution in [-0.4, -0.2) is 52.9 Å². The van der Waals surface area contributed by atoms with Gasteiger partial charge in [0.05, 0.1) is 24.9 Å². The second-order valence-electron chi connectivity index (χ2n) is 4.77. The molecule has 21 heavy (non-hydrogen) atoms. The summed E-state index contributed by atoms with van der Waals surface area (Å²) in [6, 6.07) is 3.81. The van der Waals surface area contributed by atoms with Crippen molar-refractivity contribution < 1.29 is 24.5 Å². The summed E-state index contributed by atoms with van der Waals surface area (Å²) < 4.78 is 5.33. The first kappa shape index (κ1) is 15.1. The monoisotopic (exact) mass is 294 g/mol. The zero-order chi connectivity index (χ0) is 15.4. The van der Waals surface area contributed by atoms with Crippen molar-refractivity contribution in [2.75, 3.05) is 25.1 Å². The fraction of sp³-hybridized carbons (Fsp3) is 0.429. The van der Waals surface area contributed by atoms with Crippen LogP contribution in [0.15, 0.2) is 18.2 Å². The number of urea groups is 1. The number of carboxylic acid groups (broad SMARTS) is 1. The van der Waals surface area contributed by atoms with Crippen LogP contribution in [0.4, 0.5) is 10.5 Å². The van der Waals surface area contributed by atoms with E-state index < -0.39 is 11.7 Å². The molecule has 0 aromatic heterocycles. The molecule has 114 valence electrons. The molecule has 0 spiro atoms. The Morgan fingerprint density at radius 3 is 2.90 bits per heavy atom. The Bertz CT molecular complexity index is 546. The quantitative estimate of drug-likeness (QED) is 0.737. The standard InChI is InChI=1S/C14H18N2O5/c1-2-9-8-21-7-6-16(9)14(20)15-11-5-3-4-10(12(11)17)13(18)19/h3-5,9,17H,2,6-8H2,1H3,(H,15,20)(H,18,19). The fourth-order valence-electron chi connectivity index (χ4n) is 2.26. The molecule has 1 fully saturated rings. The minimum Gasteiger partial charge on any atom is -0.505 e. The number of carbonyl (C=O) groups excluding carboxylic acids is 1. The Hall–Kier alpha value is -2.28. The topological polar surface area (TPSA) is 99.1 Å². The number of hydrogen-bond acceptors (Lipinski definition) is 4. The van der Waals surface area contributed by atoms with Crippen molar-refractivity contribution in [2.24, 2.45) is 0 Å². The van der Waals surface area contributed by atoms with Crippen LogP contribution < -0.4 is 5.32 Å². The largest absolute Gasteiger partial charge is 0.505 e. The molecule has 0 aliphatic carbocycles. The minimum absolute atomic E-state index is 0.0245. The summed E-state index contributed by atoms with van der Waals surface area (Å²) in [5.41, 5.74) is -0.164. The van der Waals surface area contributed by atoms with Gasteiger partial charge in [-0.1, -0.05) is 13.0 Å². The van der Waals surface area contributed by atoms with Crippen LogP contribution in [0.1, 0.15) is 23.7 Å². The summed E-state index contributed by atoms with van der Waals surface area (Å²) in [5.74, 6) is -1.69. The summed E-state index contributed by atoms with van der Waals surface area (Å²) >= 11 is 0. The van der Waals surface area contributed by atoms with Gasteiger partial charge in [0.25, 0.3) is 0 Å². The molecule has 2 rings (SSSR count). The van der Waals surface area contributed by atoms with Crippen LogP contribution in [0, 0.1) is 0 Å². The molecule has 0 bridgehead atoms. The van der Waals surface area contributed by atoms with Gasteiger partial charge < -0.3 is 25.2 Å². The van der Waals surface area contributed by atoms with Crippen molar-refractivity contribution in [2.45, 2.75) is 19.4 Å². The van der Waals surface area contributed by atoms with Crippen LogP contribution >= 0.6 is 0 Å². The molecule has 1 heterocycles. The molecule has 1 atom stereocenters. The number of carbonyl (C=O) groups is 2. The van der Waals surface area contributed by atoms with Crippen LogP contribution in [0.5, 0.6) is 5.75 Å². The lowest BCUT2D eigenvalue weighted by atomic mass is 10.1. The smallest absolute Gasteiger partial charge is 0.339 e. The highest BCUT2D eigenvalue weighted by Gasteiger charge is 2.26. The van der Waals surface area contributed by atoms with E-state index in [1.807, 2.05) is 6.92 Å². The maximum absolute atomic E-state index is 12.3. The third kappa shape index (κ3) is 3.25. The number of amides is 2.